The molecule has 1 aliphatic rings. The lowest BCUT2D eigenvalue weighted by Crippen LogP contribution is -2.03. The average molecular weight is 499 g/mol. The van der Waals surface area contributed by atoms with Gasteiger partial charge in [0.1, 0.15) is 23.8 Å². The molecule has 1 N–H and O–H groups in total. The molecule has 2 aromatic carbocycles. The highest BCUT2D eigenvalue weighted by atomic mass is 19.1. The first-order valence-corrected chi connectivity index (χ1v) is 11.8. The fraction of sp³-hybridized carbons (Fsp3) is 0.179. The number of aromatic amines is 1. The van der Waals surface area contributed by atoms with Crippen LogP contribution in [-0.2, 0) is 24.4 Å². The van der Waals surface area contributed by atoms with Crippen LogP contribution in [0.2, 0.25) is 0 Å². The lowest BCUT2D eigenvalue weighted by molar-refractivity contribution is 0.181. The maximum absolute atomic E-state index is 14.1. The highest BCUT2D eigenvalue weighted by molar-refractivity contribution is 5.99. The molecule has 8 nitrogen and oxygen atoms in total. The molecular weight excluding hydrogens is 475 g/mol. The zero-order chi connectivity index (χ0) is 25.5. The molecule has 0 radical (unpaired) electrons. The summed E-state index contributed by atoms with van der Waals surface area (Å²) in [6, 6.07) is 16.5. The fourth-order valence-electron chi connectivity index (χ4n) is 4.89. The van der Waals surface area contributed by atoms with Crippen molar-refractivity contribution in [1.29, 1.82) is 0 Å². The summed E-state index contributed by atoms with van der Waals surface area (Å²) in [5, 5.41) is 3.87. The first kappa shape index (κ1) is 22.9. The number of methoxy groups -OCH3 is 1. The van der Waals surface area contributed by atoms with Crippen LogP contribution in [0, 0.1) is 5.82 Å². The van der Waals surface area contributed by atoms with Gasteiger partial charge in [0.25, 0.3) is 0 Å². The summed E-state index contributed by atoms with van der Waals surface area (Å²) < 4.78 is 32.4. The first-order chi connectivity index (χ1) is 18.0. The number of imidazole rings is 1. The monoisotopic (exact) mass is 498 g/mol. The Labute approximate surface area is 211 Å². The third-order valence-electron chi connectivity index (χ3n) is 6.57. The molecule has 5 aromatic rings. The Balaban J connectivity index is 1.48. The van der Waals surface area contributed by atoms with Gasteiger partial charge in [0.15, 0.2) is 5.82 Å². The molecule has 0 saturated carbocycles. The summed E-state index contributed by atoms with van der Waals surface area (Å²) in [4.78, 5) is 19.0. The third-order valence-corrected chi connectivity index (χ3v) is 6.57. The number of aromatic nitrogens is 4. The van der Waals surface area contributed by atoms with Crippen molar-refractivity contribution in [3.8, 4) is 5.75 Å². The Morgan fingerprint density at radius 3 is 2.84 bits per heavy atom. The minimum atomic E-state index is -0.644. The van der Waals surface area contributed by atoms with Crippen LogP contribution in [0.5, 0.6) is 5.75 Å². The van der Waals surface area contributed by atoms with E-state index < -0.39 is 11.6 Å². The Morgan fingerprint density at radius 1 is 1.16 bits per heavy atom. The molecule has 0 amide bonds. The molecule has 37 heavy (non-hydrogen) atoms. The molecule has 186 valence electrons. The van der Waals surface area contributed by atoms with Gasteiger partial charge in [-0.05, 0) is 53.5 Å². The van der Waals surface area contributed by atoms with Gasteiger partial charge in [0.2, 0.25) is 0 Å². The predicted octanol–water partition coefficient (Wildman–Crippen LogP) is 4.76. The van der Waals surface area contributed by atoms with Gasteiger partial charge in [-0.25, -0.2) is 14.2 Å². The fourth-order valence-corrected chi connectivity index (χ4v) is 4.89. The van der Waals surface area contributed by atoms with E-state index in [4.69, 9.17) is 19.0 Å². The molecule has 0 spiro atoms. The zero-order valence-corrected chi connectivity index (χ0v) is 20.2. The number of nitrogens with one attached hydrogen (secondary N) is 1. The number of hydrogen-bond acceptors (Lipinski definition) is 6. The minimum absolute atomic E-state index is 0.254. The van der Waals surface area contributed by atoms with E-state index in [2.05, 4.69) is 26.7 Å². The van der Waals surface area contributed by atoms with Crippen molar-refractivity contribution in [2.75, 3.05) is 7.11 Å². The molecule has 0 aliphatic carbocycles. The summed E-state index contributed by atoms with van der Waals surface area (Å²) in [6.07, 6.45) is 2.63. The Morgan fingerprint density at radius 2 is 2.03 bits per heavy atom. The molecular formula is C28H23FN4O4. The summed E-state index contributed by atoms with van der Waals surface area (Å²) in [5.41, 5.74) is 7.87. The highest BCUT2D eigenvalue weighted by Crippen LogP contribution is 2.41. The van der Waals surface area contributed by atoms with Crippen molar-refractivity contribution in [3.63, 3.8) is 0 Å². The Bertz CT molecular complexity index is 1730. The van der Waals surface area contributed by atoms with Crippen molar-refractivity contribution in [3.05, 3.63) is 117 Å². The number of rotatable bonds is 5. The van der Waals surface area contributed by atoms with Crippen LogP contribution < -0.4 is 10.5 Å². The van der Waals surface area contributed by atoms with Gasteiger partial charge in [-0.1, -0.05) is 29.4 Å². The van der Waals surface area contributed by atoms with Crippen LogP contribution >= 0.6 is 0 Å². The van der Waals surface area contributed by atoms with E-state index in [-0.39, 0.29) is 6.61 Å². The first-order valence-electron chi connectivity index (χ1n) is 11.8. The smallest absolute Gasteiger partial charge is 0.439 e. The van der Waals surface area contributed by atoms with Gasteiger partial charge < -0.3 is 13.9 Å². The van der Waals surface area contributed by atoms with E-state index >= 15 is 0 Å². The Kier molecular flexibility index (Phi) is 5.69. The lowest BCUT2D eigenvalue weighted by Gasteiger charge is -2.14. The molecule has 0 bridgehead atoms. The molecule has 0 atom stereocenters. The van der Waals surface area contributed by atoms with Crippen molar-refractivity contribution in [2.24, 2.45) is 0 Å². The predicted molar refractivity (Wildman–Crippen MR) is 135 cm³/mol. The molecule has 0 fully saturated rings. The normalized spacial score (nSPS) is 14.1. The van der Waals surface area contributed by atoms with E-state index in [1.807, 2.05) is 37.4 Å². The van der Waals surface area contributed by atoms with Crippen LogP contribution in [0.4, 0.5) is 4.39 Å². The van der Waals surface area contributed by atoms with Crippen LogP contribution in [-0.4, -0.2) is 26.6 Å². The molecule has 0 unspecified atom stereocenters. The molecule has 1 aliphatic heterocycles. The number of pyridine rings is 1. The molecule has 0 saturated heterocycles. The molecule has 4 heterocycles. The summed E-state index contributed by atoms with van der Waals surface area (Å²) in [7, 11) is 1.66. The number of benzene rings is 2. The number of hydrogen-bond donors (Lipinski definition) is 1. The van der Waals surface area contributed by atoms with Crippen LogP contribution in [0.15, 0.2) is 70.1 Å². The average Bonchev–Trinajstić information content (AvgIpc) is 3.44. The van der Waals surface area contributed by atoms with Crippen molar-refractivity contribution in [2.45, 2.75) is 26.6 Å². The highest BCUT2D eigenvalue weighted by Gasteiger charge is 2.24. The van der Waals surface area contributed by atoms with Gasteiger partial charge in [-0.3, -0.25) is 9.51 Å². The van der Waals surface area contributed by atoms with Gasteiger partial charge in [-0.15, -0.1) is 0 Å². The standard InChI is InChI=1S/C28H23FN4O4/c1-16(27-31-28(34)37-32-27)26-20-8-6-17(11-18(20)14-36-24-13-19(29)7-9-21(24)26)12-23-22(15-35-2)30-25-5-3-4-10-33(23)25/h3-11,13H,12,14-15H2,1-2H3,(H,31,32,34)/b26-16-. The Hall–Kier alpha value is -4.50. The number of allylic oxidation sites excluding steroid dienone is 1. The van der Waals surface area contributed by atoms with E-state index in [9.17, 15) is 9.18 Å². The number of ether oxygens (including phenoxy) is 2. The topological polar surface area (TPSA) is 94.7 Å². The van der Waals surface area contributed by atoms with Crippen LogP contribution in [0.1, 0.15) is 46.4 Å². The van der Waals surface area contributed by atoms with Gasteiger partial charge in [0.05, 0.1) is 18.0 Å². The molecule has 6 rings (SSSR count). The van der Waals surface area contributed by atoms with Gasteiger partial charge in [0, 0.05) is 36.9 Å². The number of nitrogens with zero attached hydrogens (tertiary/aromatic N) is 3. The SMILES string of the molecule is COCc1nc2ccccn2c1Cc1ccc2c(c1)COc1cc(F)ccc1/C2=C(/C)c1noc(=O)[nH]1. The van der Waals surface area contributed by atoms with Crippen molar-refractivity contribution < 1.29 is 18.4 Å². The van der Waals surface area contributed by atoms with Crippen molar-refractivity contribution in [1.82, 2.24) is 19.5 Å². The molecule has 9 heteroatoms. The largest absolute Gasteiger partial charge is 0.488 e. The summed E-state index contributed by atoms with van der Waals surface area (Å²) in [6.45, 7) is 2.51. The van der Waals surface area contributed by atoms with Crippen LogP contribution in [0.25, 0.3) is 16.8 Å². The molecule has 3 aromatic heterocycles. The number of H-pyrrole nitrogens is 1. The number of fused-ring (bicyclic) bond motifs is 3. The summed E-state index contributed by atoms with van der Waals surface area (Å²) >= 11 is 0. The second-order valence-electron chi connectivity index (χ2n) is 8.91. The van der Waals surface area contributed by atoms with Gasteiger partial charge >= 0.3 is 5.76 Å². The second-order valence-corrected chi connectivity index (χ2v) is 8.91. The van der Waals surface area contributed by atoms with E-state index in [0.717, 1.165) is 39.3 Å². The van der Waals surface area contributed by atoms with E-state index in [1.165, 1.54) is 12.1 Å². The minimum Gasteiger partial charge on any atom is -0.488 e. The van der Waals surface area contributed by atoms with Crippen LogP contribution in [0.3, 0.4) is 0 Å². The third kappa shape index (κ3) is 4.13. The number of halogens is 1. The lowest BCUT2D eigenvalue weighted by atomic mass is 9.89. The van der Waals surface area contributed by atoms with Gasteiger partial charge in [-0.2, -0.15) is 0 Å². The second kappa shape index (κ2) is 9.18. The maximum atomic E-state index is 14.1. The van der Waals surface area contributed by atoms with Crippen molar-refractivity contribution >= 4 is 16.8 Å². The summed E-state index contributed by atoms with van der Waals surface area (Å²) in [5.74, 6) is -0.311. The van der Waals surface area contributed by atoms with E-state index in [0.29, 0.717) is 35.7 Å². The maximum Gasteiger partial charge on any atom is 0.439 e. The quantitative estimate of drug-likeness (QED) is 0.376. The zero-order valence-electron chi connectivity index (χ0n) is 20.2. The van der Waals surface area contributed by atoms with E-state index in [1.54, 1.807) is 13.2 Å².